The van der Waals surface area contributed by atoms with Crippen molar-refractivity contribution in [2.24, 2.45) is 0 Å². The third-order valence-electron chi connectivity index (χ3n) is 2.14. The van der Waals surface area contributed by atoms with E-state index < -0.39 is 6.16 Å². The smallest absolute Gasteiger partial charge is 0.434 e. The van der Waals surface area contributed by atoms with Gasteiger partial charge < -0.3 is 9.47 Å². The number of hydrogen-bond acceptors (Lipinski definition) is 3. The third kappa shape index (κ3) is 11.9. The summed E-state index contributed by atoms with van der Waals surface area (Å²) in [4.78, 5) is 10.8. The summed E-state index contributed by atoms with van der Waals surface area (Å²) in [6.07, 6.45) is 8.02. The molecule has 0 saturated heterocycles. The molecule has 3 nitrogen and oxygen atoms in total. The quantitative estimate of drug-likeness (QED) is 0.274. The molecule has 0 N–H and O–H groups in total. The van der Waals surface area contributed by atoms with E-state index in [0.717, 1.165) is 12.8 Å². The van der Waals surface area contributed by atoms with E-state index in [1.165, 1.54) is 32.1 Å². The summed E-state index contributed by atoms with van der Waals surface area (Å²) in [6, 6.07) is 0. The Balaban J connectivity index is 3.01. The van der Waals surface area contributed by atoms with Crippen molar-refractivity contribution in [2.75, 3.05) is 11.2 Å². The van der Waals surface area contributed by atoms with E-state index in [4.69, 9.17) is 4.74 Å². The molecule has 0 unspecified atom stereocenters. The Morgan fingerprint density at radius 3 is 2.20 bits per heavy atom. The predicted molar refractivity (Wildman–Crippen MR) is 69.3 cm³/mol. The molecule has 0 radical (unpaired) electrons. The van der Waals surface area contributed by atoms with Crippen LogP contribution in [0.25, 0.3) is 0 Å². The second kappa shape index (κ2) is 12.1. The Kier molecular flexibility index (Phi) is 12.1. The maximum absolute atomic E-state index is 10.8. The largest absolute Gasteiger partial charge is 0.509 e. The molecule has 0 aliphatic rings. The normalized spacial score (nSPS) is 10.0. The number of hydrogen-bond donors (Lipinski definition) is 0. The topological polar surface area (TPSA) is 35.5 Å². The van der Waals surface area contributed by atoms with Crippen LogP contribution < -0.4 is 0 Å². The van der Waals surface area contributed by atoms with Gasteiger partial charge in [-0.2, -0.15) is 0 Å². The van der Waals surface area contributed by atoms with Crippen molar-refractivity contribution in [1.82, 2.24) is 0 Å². The Morgan fingerprint density at radius 2 is 1.60 bits per heavy atom. The van der Waals surface area contributed by atoms with Gasteiger partial charge in [0.25, 0.3) is 0 Å². The fraction of sp³-hybridized carbons (Fsp3) is 0.909. The van der Waals surface area contributed by atoms with Crippen molar-refractivity contribution in [3.8, 4) is 0 Å². The van der Waals surface area contributed by atoms with Crippen molar-refractivity contribution in [3.05, 3.63) is 0 Å². The van der Waals surface area contributed by atoms with E-state index in [-0.39, 0.29) is 0 Å². The summed E-state index contributed by atoms with van der Waals surface area (Å²) in [5.74, 6) is 0. The third-order valence-corrected chi connectivity index (χ3v) is 2.45. The maximum Gasteiger partial charge on any atom is 0.509 e. The maximum atomic E-state index is 10.8. The van der Waals surface area contributed by atoms with Gasteiger partial charge in [-0.1, -0.05) is 45.4 Å². The van der Waals surface area contributed by atoms with Crippen molar-refractivity contribution in [3.63, 3.8) is 0 Å². The molecule has 0 aliphatic heterocycles. The first-order chi connectivity index (χ1) is 7.31. The molecular weight excluding hydrogens is 307 g/mol. The summed E-state index contributed by atoms with van der Waals surface area (Å²) in [5, 5.41) is 0. The SMILES string of the molecule is CCCCCCCCCOC(=O)OCI. The second-order valence-corrected chi connectivity index (χ2v) is 4.10. The highest BCUT2D eigenvalue weighted by Gasteiger charge is 2.00. The first-order valence-electron chi connectivity index (χ1n) is 5.66. The molecule has 90 valence electrons. The standard InChI is InChI=1S/C11H21IO3/c1-2-3-4-5-6-7-8-9-14-11(13)15-10-12/h2-10H2,1H3. The van der Waals surface area contributed by atoms with Crippen LogP contribution in [0.15, 0.2) is 0 Å². The molecule has 0 fully saturated rings. The number of ether oxygens (including phenoxy) is 2. The van der Waals surface area contributed by atoms with Gasteiger partial charge in [-0.3, -0.25) is 0 Å². The Hall–Kier alpha value is 0. The lowest BCUT2D eigenvalue weighted by atomic mass is 10.1. The van der Waals surface area contributed by atoms with Gasteiger partial charge in [0.2, 0.25) is 0 Å². The Labute approximate surface area is 106 Å². The fourth-order valence-electron chi connectivity index (χ4n) is 1.30. The molecule has 0 aromatic rings. The van der Waals surface area contributed by atoms with Crippen LogP contribution in [0.3, 0.4) is 0 Å². The van der Waals surface area contributed by atoms with Crippen molar-refractivity contribution in [2.45, 2.75) is 51.9 Å². The molecule has 0 aromatic carbocycles. The Morgan fingerprint density at radius 1 is 1.00 bits per heavy atom. The molecule has 0 bridgehead atoms. The van der Waals surface area contributed by atoms with E-state index in [0.29, 0.717) is 11.2 Å². The lowest BCUT2D eigenvalue weighted by Crippen LogP contribution is -2.06. The summed E-state index contributed by atoms with van der Waals surface area (Å²) in [7, 11) is 0. The van der Waals surface area contributed by atoms with Crippen LogP contribution in [0, 0.1) is 0 Å². The molecule has 0 spiro atoms. The van der Waals surface area contributed by atoms with Crippen LogP contribution in [-0.4, -0.2) is 17.4 Å². The average Bonchev–Trinajstić information content (AvgIpc) is 2.22. The average molecular weight is 328 g/mol. The highest BCUT2D eigenvalue weighted by atomic mass is 127. The number of carbonyl (C=O) groups is 1. The van der Waals surface area contributed by atoms with E-state index in [1.54, 1.807) is 0 Å². The zero-order valence-corrected chi connectivity index (χ0v) is 11.6. The molecule has 0 heterocycles. The van der Waals surface area contributed by atoms with Crippen LogP contribution >= 0.6 is 22.6 Å². The first kappa shape index (κ1) is 15.0. The number of unbranched alkanes of at least 4 members (excludes halogenated alkanes) is 6. The molecule has 0 atom stereocenters. The van der Waals surface area contributed by atoms with Gasteiger partial charge in [-0.05, 0) is 29.0 Å². The monoisotopic (exact) mass is 328 g/mol. The minimum atomic E-state index is -0.546. The van der Waals surface area contributed by atoms with Crippen LogP contribution in [0.1, 0.15) is 51.9 Å². The molecule has 0 rings (SSSR count). The van der Waals surface area contributed by atoms with E-state index in [2.05, 4.69) is 11.7 Å². The van der Waals surface area contributed by atoms with Crippen molar-refractivity contribution >= 4 is 28.7 Å². The van der Waals surface area contributed by atoms with Crippen molar-refractivity contribution < 1.29 is 14.3 Å². The van der Waals surface area contributed by atoms with Gasteiger partial charge in [0.15, 0.2) is 0 Å². The van der Waals surface area contributed by atoms with Gasteiger partial charge in [0, 0.05) is 0 Å². The summed E-state index contributed by atoms with van der Waals surface area (Å²) in [5.41, 5.74) is 0. The van der Waals surface area contributed by atoms with Crippen LogP contribution in [-0.2, 0) is 9.47 Å². The fourth-order valence-corrected chi connectivity index (χ4v) is 1.56. The predicted octanol–water partition coefficient (Wildman–Crippen LogP) is 4.28. The second-order valence-electron chi connectivity index (χ2n) is 3.47. The summed E-state index contributed by atoms with van der Waals surface area (Å²) in [6.45, 7) is 2.70. The van der Waals surface area contributed by atoms with Gasteiger partial charge in [0.1, 0.15) is 4.61 Å². The number of rotatable bonds is 9. The Bertz CT molecular complexity index is 151. The van der Waals surface area contributed by atoms with Crippen LogP contribution in [0.2, 0.25) is 0 Å². The first-order valence-corrected chi connectivity index (χ1v) is 7.19. The lowest BCUT2D eigenvalue weighted by Gasteiger charge is -2.03. The minimum Gasteiger partial charge on any atom is -0.434 e. The van der Waals surface area contributed by atoms with Gasteiger partial charge in [0.05, 0.1) is 6.61 Å². The number of alkyl halides is 1. The van der Waals surface area contributed by atoms with Gasteiger partial charge >= 0.3 is 6.16 Å². The minimum absolute atomic E-state index is 0.355. The zero-order valence-electron chi connectivity index (χ0n) is 9.47. The molecule has 0 aromatic heterocycles. The zero-order chi connectivity index (χ0) is 11.4. The van der Waals surface area contributed by atoms with Crippen molar-refractivity contribution in [1.29, 1.82) is 0 Å². The van der Waals surface area contributed by atoms with Gasteiger partial charge in [-0.15, -0.1) is 0 Å². The van der Waals surface area contributed by atoms with Crippen LogP contribution in [0.5, 0.6) is 0 Å². The summed E-state index contributed by atoms with van der Waals surface area (Å²) < 4.78 is 9.83. The number of halogens is 1. The highest BCUT2D eigenvalue weighted by molar-refractivity contribution is 14.1. The van der Waals surface area contributed by atoms with Crippen LogP contribution in [0.4, 0.5) is 4.79 Å². The molecule has 15 heavy (non-hydrogen) atoms. The molecule has 4 heteroatoms. The lowest BCUT2D eigenvalue weighted by molar-refractivity contribution is 0.0694. The molecule has 0 aliphatic carbocycles. The summed E-state index contributed by atoms with van der Waals surface area (Å²) >= 11 is 1.97. The van der Waals surface area contributed by atoms with E-state index in [9.17, 15) is 4.79 Å². The van der Waals surface area contributed by atoms with E-state index in [1.807, 2.05) is 22.6 Å². The van der Waals surface area contributed by atoms with Gasteiger partial charge in [-0.25, -0.2) is 4.79 Å². The number of carbonyl (C=O) groups excluding carboxylic acids is 1. The van der Waals surface area contributed by atoms with E-state index >= 15 is 0 Å². The highest BCUT2D eigenvalue weighted by Crippen LogP contribution is 2.06. The molecular formula is C11H21IO3. The molecule has 0 saturated carbocycles. The molecule has 0 amide bonds.